The highest BCUT2D eigenvalue weighted by Gasteiger charge is 2.53. The van der Waals surface area contributed by atoms with Crippen molar-refractivity contribution >= 4 is 18.0 Å². The van der Waals surface area contributed by atoms with Crippen LogP contribution in [-0.4, -0.2) is 38.6 Å². The highest BCUT2D eigenvalue weighted by atomic mass is 16.4. The topological polar surface area (TPSA) is 94.9 Å². The van der Waals surface area contributed by atoms with Gasteiger partial charge >= 0.3 is 12.1 Å². The van der Waals surface area contributed by atoms with Gasteiger partial charge in [-0.15, -0.1) is 0 Å². The van der Waals surface area contributed by atoms with Crippen molar-refractivity contribution in [2.45, 2.75) is 31.7 Å². The SMILES string of the molecule is CCC1(C(=O)O)CCC(=O)N1C(=O)O. The first-order valence-electron chi connectivity index (χ1n) is 4.25. The molecule has 6 nitrogen and oxygen atoms in total. The fraction of sp³-hybridized carbons (Fsp3) is 0.625. The van der Waals surface area contributed by atoms with Crippen molar-refractivity contribution in [2.24, 2.45) is 0 Å². The normalized spacial score (nSPS) is 26.6. The fourth-order valence-corrected chi connectivity index (χ4v) is 1.75. The first-order valence-corrected chi connectivity index (χ1v) is 4.25. The number of aliphatic carboxylic acids is 1. The first kappa shape index (κ1) is 10.5. The van der Waals surface area contributed by atoms with E-state index in [4.69, 9.17) is 10.2 Å². The number of imide groups is 1. The first-order chi connectivity index (χ1) is 6.45. The molecule has 1 atom stereocenters. The molecule has 2 amide bonds. The van der Waals surface area contributed by atoms with Gasteiger partial charge in [-0.1, -0.05) is 6.92 Å². The van der Waals surface area contributed by atoms with Crippen molar-refractivity contribution in [3.63, 3.8) is 0 Å². The molecule has 1 unspecified atom stereocenters. The van der Waals surface area contributed by atoms with E-state index in [9.17, 15) is 14.4 Å². The predicted molar refractivity (Wildman–Crippen MR) is 44.8 cm³/mol. The lowest BCUT2D eigenvalue weighted by Crippen LogP contribution is -2.53. The number of carboxylic acids is 1. The van der Waals surface area contributed by atoms with E-state index >= 15 is 0 Å². The Bertz CT molecular complexity index is 300. The molecule has 1 saturated heterocycles. The molecule has 1 rings (SSSR count). The highest BCUT2D eigenvalue weighted by Crippen LogP contribution is 2.33. The second kappa shape index (κ2) is 3.28. The summed E-state index contributed by atoms with van der Waals surface area (Å²) in [5, 5.41) is 17.7. The summed E-state index contributed by atoms with van der Waals surface area (Å²) in [6.45, 7) is 1.56. The Labute approximate surface area is 80.1 Å². The number of carbonyl (C=O) groups is 3. The van der Waals surface area contributed by atoms with Crippen LogP contribution in [0.25, 0.3) is 0 Å². The summed E-state index contributed by atoms with van der Waals surface area (Å²) in [6.07, 6.45) is -1.35. The van der Waals surface area contributed by atoms with Crippen LogP contribution in [0.4, 0.5) is 4.79 Å². The Morgan fingerprint density at radius 3 is 2.36 bits per heavy atom. The number of carboxylic acid groups (broad SMARTS) is 2. The summed E-state index contributed by atoms with van der Waals surface area (Å²) < 4.78 is 0. The van der Waals surface area contributed by atoms with Gasteiger partial charge in [0.05, 0.1) is 0 Å². The zero-order chi connectivity index (χ0) is 10.9. The molecule has 0 aromatic heterocycles. The molecule has 1 aliphatic heterocycles. The average molecular weight is 201 g/mol. The van der Waals surface area contributed by atoms with Crippen LogP contribution in [0.5, 0.6) is 0 Å². The maximum absolute atomic E-state index is 11.2. The summed E-state index contributed by atoms with van der Waals surface area (Å²) in [4.78, 5) is 33.3. The molecule has 2 N–H and O–H groups in total. The molecular weight excluding hydrogens is 190 g/mol. The number of likely N-dealkylation sites (tertiary alicyclic amines) is 1. The minimum Gasteiger partial charge on any atom is -0.479 e. The van der Waals surface area contributed by atoms with Gasteiger partial charge in [0, 0.05) is 6.42 Å². The third kappa shape index (κ3) is 1.23. The number of rotatable bonds is 2. The van der Waals surface area contributed by atoms with Gasteiger partial charge in [0.25, 0.3) is 0 Å². The van der Waals surface area contributed by atoms with E-state index in [1.807, 2.05) is 0 Å². The molecule has 0 radical (unpaired) electrons. The van der Waals surface area contributed by atoms with Crippen molar-refractivity contribution in [3.05, 3.63) is 0 Å². The molecule has 14 heavy (non-hydrogen) atoms. The quantitative estimate of drug-likeness (QED) is 0.679. The smallest absolute Gasteiger partial charge is 0.415 e. The van der Waals surface area contributed by atoms with Crippen LogP contribution < -0.4 is 0 Å². The summed E-state index contributed by atoms with van der Waals surface area (Å²) in [7, 11) is 0. The fourth-order valence-electron chi connectivity index (χ4n) is 1.75. The zero-order valence-electron chi connectivity index (χ0n) is 7.69. The van der Waals surface area contributed by atoms with E-state index in [1.165, 1.54) is 0 Å². The predicted octanol–water partition coefficient (Wildman–Crippen LogP) is 0.520. The minimum absolute atomic E-state index is 0.0214. The summed E-state index contributed by atoms with van der Waals surface area (Å²) in [6, 6.07) is 0. The molecule has 0 spiro atoms. The van der Waals surface area contributed by atoms with E-state index in [0.29, 0.717) is 4.90 Å². The van der Waals surface area contributed by atoms with Crippen LogP contribution in [0.3, 0.4) is 0 Å². The Kier molecular flexibility index (Phi) is 2.46. The van der Waals surface area contributed by atoms with E-state index < -0.39 is 23.5 Å². The second-order valence-electron chi connectivity index (χ2n) is 3.20. The van der Waals surface area contributed by atoms with Crippen molar-refractivity contribution in [1.29, 1.82) is 0 Å². The van der Waals surface area contributed by atoms with Gasteiger partial charge in [0.15, 0.2) is 5.54 Å². The minimum atomic E-state index is -1.55. The zero-order valence-corrected chi connectivity index (χ0v) is 7.69. The van der Waals surface area contributed by atoms with Gasteiger partial charge in [-0.3, -0.25) is 4.79 Å². The third-order valence-corrected chi connectivity index (χ3v) is 2.60. The van der Waals surface area contributed by atoms with Crippen LogP contribution in [0.15, 0.2) is 0 Å². The third-order valence-electron chi connectivity index (χ3n) is 2.60. The molecule has 1 heterocycles. The van der Waals surface area contributed by atoms with Crippen molar-refractivity contribution in [1.82, 2.24) is 4.90 Å². The molecule has 1 fully saturated rings. The van der Waals surface area contributed by atoms with E-state index in [-0.39, 0.29) is 19.3 Å². The van der Waals surface area contributed by atoms with Crippen LogP contribution in [-0.2, 0) is 9.59 Å². The van der Waals surface area contributed by atoms with Crippen LogP contribution in [0, 0.1) is 0 Å². The van der Waals surface area contributed by atoms with Crippen molar-refractivity contribution in [3.8, 4) is 0 Å². The van der Waals surface area contributed by atoms with Gasteiger partial charge in [0.2, 0.25) is 5.91 Å². The second-order valence-corrected chi connectivity index (χ2v) is 3.20. The molecule has 0 bridgehead atoms. The number of amides is 2. The van der Waals surface area contributed by atoms with E-state index in [2.05, 4.69) is 0 Å². The molecular formula is C8H11NO5. The molecule has 1 aliphatic rings. The Hall–Kier alpha value is -1.59. The Morgan fingerprint density at radius 1 is 1.50 bits per heavy atom. The van der Waals surface area contributed by atoms with Gasteiger partial charge in [0.1, 0.15) is 0 Å². The average Bonchev–Trinajstić information content (AvgIpc) is 2.43. The van der Waals surface area contributed by atoms with Crippen molar-refractivity contribution in [2.75, 3.05) is 0 Å². The number of carbonyl (C=O) groups excluding carboxylic acids is 1. The number of nitrogens with zero attached hydrogens (tertiary/aromatic N) is 1. The number of hydrogen-bond donors (Lipinski definition) is 2. The molecule has 78 valence electrons. The summed E-state index contributed by atoms with van der Waals surface area (Å²) in [5.74, 6) is -1.89. The maximum Gasteiger partial charge on any atom is 0.415 e. The molecule has 0 aromatic carbocycles. The molecule has 0 saturated carbocycles. The van der Waals surface area contributed by atoms with E-state index in [1.54, 1.807) is 6.92 Å². The lowest BCUT2D eigenvalue weighted by Gasteiger charge is -2.29. The van der Waals surface area contributed by atoms with Crippen LogP contribution >= 0.6 is 0 Å². The lowest BCUT2D eigenvalue weighted by atomic mass is 9.93. The summed E-state index contributed by atoms with van der Waals surface area (Å²) >= 11 is 0. The van der Waals surface area contributed by atoms with Gasteiger partial charge in [-0.05, 0) is 12.8 Å². The Balaban J connectivity index is 3.13. The van der Waals surface area contributed by atoms with Gasteiger partial charge < -0.3 is 10.2 Å². The van der Waals surface area contributed by atoms with Gasteiger partial charge in [-0.25, -0.2) is 14.5 Å². The standard InChI is InChI=1S/C8H11NO5/c1-2-8(6(11)12)4-3-5(10)9(8)7(13)14/h2-4H2,1H3,(H,11,12)(H,13,14). The van der Waals surface area contributed by atoms with Gasteiger partial charge in [-0.2, -0.15) is 0 Å². The largest absolute Gasteiger partial charge is 0.479 e. The van der Waals surface area contributed by atoms with Crippen LogP contribution in [0.2, 0.25) is 0 Å². The van der Waals surface area contributed by atoms with Crippen molar-refractivity contribution < 1.29 is 24.6 Å². The maximum atomic E-state index is 11.2. The van der Waals surface area contributed by atoms with E-state index in [0.717, 1.165) is 0 Å². The Morgan fingerprint density at radius 2 is 2.07 bits per heavy atom. The number of hydrogen-bond acceptors (Lipinski definition) is 3. The molecule has 6 heteroatoms. The lowest BCUT2D eigenvalue weighted by molar-refractivity contribution is -0.152. The van der Waals surface area contributed by atoms with Crippen LogP contribution in [0.1, 0.15) is 26.2 Å². The molecule has 0 aromatic rings. The monoisotopic (exact) mass is 201 g/mol. The summed E-state index contributed by atoms with van der Waals surface area (Å²) in [5.41, 5.74) is -1.55. The highest BCUT2D eigenvalue weighted by molar-refractivity contribution is 6.00. The molecule has 0 aliphatic carbocycles.